The van der Waals surface area contributed by atoms with Crippen LogP contribution in [0.15, 0.2) is 39.8 Å². The summed E-state index contributed by atoms with van der Waals surface area (Å²) in [5.74, 6) is -1.60. The van der Waals surface area contributed by atoms with E-state index in [1.165, 1.54) is 12.3 Å². The van der Waals surface area contributed by atoms with E-state index in [2.05, 4.69) is 15.5 Å². The second-order valence-corrected chi connectivity index (χ2v) is 6.88. The van der Waals surface area contributed by atoms with Crippen molar-refractivity contribution in [1.29, 1.82) is 0 Å². The molecule has 0 saturated carbocycles. The van der Waals surface area contributed by atoms with Gasteiger partial charge in [0.2, 0.25) is 0 Å². The zero-order valence-corrected chi connectivity index (χ0v) is 16.0. The molecule has 30 heavy (non-hydrogen) atoms. The molecule has 8 nitrogen and oxygen atoms in total. The molecular weight excluding hydrogens is 398 g/mol. The van der Waals surface area contributed by atoms with E-state index in [0.29, 0.717) is 18.1 Å². The molecule has 3 aromatic rings. The van der Waals surface area contributed by atoms with Gasteiger partial charge < -0.3 is 14.6 Å². The molecule has 10 heteroatoms. The maximum atomic E-state index is 14.1. The Morgan fingerprint density at radius 1 is 1.33 bits per heavy atom. The predicted octanol–water partition coefficient (Wildman–Crippen LogP) is 2.59. The molecule has 0 aliphatic carbocycles. The van der Waals surface area contributed by atoms with Crippen LogP contribution in [0.1, 0.15) is 46.6 Å². The summed E-state index contributed by atoms with van der Waals surface area (Å²) in [5, 5.41) is 6.36. The molecule has 0 bridgehead atoms. The number of nitrogens with zero attached hydrogens (tertiary/aromatic N) is 3. The van der Waals surface area contributed by atoms with E-state index >= 15 is 0 Å². The zero-order valence-electron chi connectivity index (χ0n) is 16.0. The van der Waals surface area contributed by atoms with Crippen LogP contribution in [0.4, 0.5) is 8.78 Å². The molecule has 1 aliphatic rings. The van der Waals surface area contributed by atoms with E-state index in [9.17, 15) is 18.4 Å². The predicted molar refractivity (Wildman–Crippen MR) is 100 cm³/mol. The van der Waals surface area contributed by atoms with Crippen LogP contribution in [-0.4, -0.2) is 27.2 Å². The Morgan fingerprint density at radius 2 is 2.17 bits per heavy atom. The Morgan fingerprint density at radius 3 is 2.93 bits per heavy atom. The third-order valence-electron chi connectivity index (χ3n) is 4.79. The second kappa shape index (κ2) is 8.15. The Hall–Kier alpha value is -3.40. The third-order valence-corrected chi connectivity index (χ3v) is 4.79. The number of carbonyl (C=O) groups excluding carboxylic acids is 1. The highest BCUT2D eigenvalue weighted by molar-refractivity contribution is 5.95. The van der Waals surface area contributed by atoms with Gasteiger partial charge in [-0.1, -0.05) is 5.16 Å². The van der Waals surface area contributed by atoms with Gasteiger partial charge in [-0.3, -0.25) is 14.2 Å². The highest BCUT2D eigenvalue weighted by Crippen LogP contribution is 2.26. The van der Waals surface area contributed by atoms with Crippen molar-refractivity contribution < 1.29 is 22.8 Å². The number of rotatable bonds is 5. The van der Waals surface area contributed by atoms with Gasteiger partial charge in [0.15, 0.2) is 5.82 Å². The first-order valence-corrected chi connectivity index (χ1v) is 9.34. The summed E-state index contributed by atoms with van der Waals surface area (Å²) in [6.45, 7) is 2.13. The number of hydrogen-bond donors (Lipinski definition) is 1. The smallest absolute Gasteiger partial charge is 0.268 e. The van der Waals surface area contributed by atoms with Crippen LogP contribution in [0, 0.1) is 18.6 Å². The highest BCUT2D eigenvalue weighted by Gasteiger charge is 2.24. The SMILES string of the molecule is Cc1ccn(-c2cc(F)ccc2F)c(=O)c1C(=O)NCc1noc(C2CCCO2)n1. The average Bonchev–Trinajstić information content (AvgIpc) is 3.40. The van der Waals surface area contributed by atoms with Crippen LogP contribution in [0.5, 0.6) is 0 Å². The van der Waals surface area contributed by atoms with Crippen molar-refractivity contribution in [3.63, 3.8) is 0 Å². The number of pyridine rings is 1. The number of benzene rings is 1. The Bertz CT molecular complexity index is 1150. The fraction of sp³-hybridized carbons (Fsp3) is 0.300. The van der Waals surface area contributed by atoms with Gasteiger partial charge in [0, 0.05) is 18.9 Å². The van der Waals surface area contributed by atoms with Crippen LogP contribution in [0.3, 0.4) is 0 Å². The number of aryl methyl sites for hydroxylation is 1. The molecule has 1 aliphatic heterocycles. The summed E-state index contributed by atoms with van der Waals surface area (Å²) in [6, 6.07) is 4.23. The van der Waals surface area contributed by atoms with Crippen LogP contribution in [0.25, 0.3) is 5.69 Å². The summed E-state index contributed by atoms with van der Waals surface area (Å²) in [5.41, 5.74) is -0.860. The van der Waals surface area contributed by atoms with Gasteiger partial charge in [0.1, 0.15) is 23.3 Å². The quantitative estimate of drug-likeness (QED) is 0.686. The van der Waals surface area contributed by atoms with Crippen molar-refractivity contribution in [3.8, 4) is 5.69 Å². The Kier molecular flexibility index (Phi) is 5.40. The van der Waals surface area contributed by atoms with E-state index in [4.69, 9.17) is 9.26 Å². The molecule has 1 saturated heterocycles. The number of hydrogen-bond acceptors (Lipinski definition) is 6. The number of halogens is 2. The molecular formula is C20H18F2N4O4. The summed E-state index contributed by atoms with van der Waals surface area (Å²) in [6.07, 6.45) is 2.74. The van der Waals surface area contributed by atoms with Crippen molar-refractivity contribution in [2.45, 2.75) is 32.4 Å². The van der Waals surface area contributed by atoms with E-state index in [1.54, 1.807) is 6.92 Å². The fourth-order valence-electron chi connectivity index (χ4n) is 3.25. The van der Waals surface area contributed by atoms with E-state index in [1.807, 2.05) is 0 Å². The fourth-order valence-corrected chi connectivity index (χ4v) is 3.25. The van der Waals surface area contributed by atoms with Gasteiger partial charge in [0.05, 0.1) is 12.2 Å². The largest absolute Gasteiger partial charge is 0.368 e. The van der Waals surface area contributed by atoms with Crippen molar-refractivity contribution in [2.75, 3.05) is 6.61 Å². The molecule has 0 radical (unpaired) electrons. The topological polar surface area (TPSA) is 99.2 Å². The number of aromatic nitrogens is 3. The van der Waals surface area contributed by atoms with Crippen molar-refractivity contribution >= 4 is 5.91 Å². The normalized spacial score (nSPS) is 16.0. The lowest BCUT2D eigenvalue weighted by Crippen LogP contribution is -2.33. The van der Waals surface area contributed by atoms with Crippen LogP contribution in [-0.2, 0) is 11.3 Å². The minimum atomic E-state index is -0.790. The monoisotopic (exact) mass is 416 g/mol. The zero-order chi connectivity index (χ0) is 21.3. The first kappa shape index (κ1) is 19.9. The number of nitrogens with one attached hydrogen (secondary N) is 1. The van der Waals surface area contributed by atoms with Gasteiger partial charge in [-0.05, 0) is 43.5 Å². The first-order valence-electron chi connectivity index (χ1n) is 9.34. The van der Waals surface area contributed by atoms with Gasteiger partial charge >= 0.3 is 0 Å². The maximum Gasteiger partial charge on any atom is 0.268 e. The molecule has 1 unspecified atom stereocenters. The molecule has 1 amide bonds. The van der Waals surface area contributed by atoms with Crippen molar-refractivity contribution in [2.24, 2.45) is 0 Å². The summed E-state index contributed by atoms with van der Waals surface area (Å²) in [7, 11) is 0. The van der Waals surface area contributed by atoms with Crippen LogP contribution >= 0.6 is 0 Å². The summed E-state index contributed by atoms with van der Waals surface area (Å²) >= 11 is 0. The molecule has 2 aromatic heterocycles. The Balaban J connectivity index is 1.55. The molecule has 1 fully saturated rings. The van der Waals surface area contributed by atoms with Crippen molar-refractivity contribution in [1.82, 2.24) is 20.0 Å². The second-order valence-electron chi connectivity index (χ2n) is 6.88. The third kappa shape index (κ3) is 3.86. The Labute approximate surface area is 169 Å². The van der Waals surface area contributed by atoms with E-state index in [-0.39, 0.29) is 29.7 Å². The molecule has 4 rings (SSSR count). The minimum Gasteiger partial charge on any atom is -0.368 e. The van der Waals surface area contributed by atoms with Gasteiger partial charge in [-0.2, -0.15) is 4.98 Å². The van der Waals surface area contributed by atoms with Crippen molar-refractivity contribution in [3.05, 3.63) is 75.3 Å². The number of amides is 1. The molecule has 3 heterocycles. The van der Waals surface area contributed by atoms with E-state index < -0.39 is 23.1 Å². The minimum absolute atomic E-state index is 0.0723. The summed E-state index contributed by atoms with van der Waals surface area (Å²) < 4.78 is 39.2. The lowest BCUT2D eigenvalue weighted by Gasteiger charge is -2.11. The van der Waals surface area contributed by atoms with E-state index in [0.717, 1.165) is 35.6 Å². The van der Waals surface area contributed by atoms with Crippen LogP contribution in [0.2, 0.25) is 0 Å². The standard InChI is InChI=1S/C20H18F2N4O4/c1-11-6-7-26(14-9-12(21)4-5-13(14)22)20(28)17(11)18(27)23-10-16-24-19(30-25-16)15-3-2-8-29-15/h4-7,9,15H,2-3,8,10H2,1H3,(H,23,27). The first-order chi connectivity index (χ1) is 14.4. The van der Waals surface area contributed by atoms with Gasteiger partial charge in [-0.25, -0.2) is 8.78 Å². The molecule has 1 N–H and O–H groups in total. The van der Waals surface area contributed by atoms with Crippen LogP contribution < -0.4 is 10.9 Å². The molecule has 1 aromatic carbocycles. The van der Waals surface area contributed by atoms with Gasteiger partial charge in [-0.15, -0.1) is 0 Å². The maximum absolute atomic E-state index is 14.1. The summed E-state index contributed by atoms with van der Waals surface area (Å²) in [4.78, 5) is 29.7. The number of ether oxygens (including phenoxy) is 1. The average molecular weight is 416 g/mol. The lowest BCUT2D eigenvalue weighted by atomic mass is 10.1. The van der Waals surface area contributed by atoms with Gasteiger partial charge in [0.25, 0.3) is 17.4 Å². The lowest BCUT2D eigenvalue weighted by molar-refractivity contribution is 0.0835. The molecule has 0 spiro atoms. The molecule has 156 valence electrons. The highest BCUT2D eigenvalue weighted by atomic mass is 19.1. The molecule has 1 atom stereocenters. The number of carbonyl (C=O) groups is 1.